The number of unbranched alkanes of at least 4 members (excludes halogenated alkanes) is 1. The molecule has 4 heteroatoms. The van der Waals surface area contributed by atoms with Gasteiger partial charge in [0.15, 0.2) is 0 Å². The number of amides is 1. The molecule has 0 atom stereocenters. The van der Waals surface area contributed by atoms with Crippen molar-refractivity contribution in [3.8, 4) is 0 Å². The summed E-state index contributed by atoms with van der Waals surface area (Å²) in [4.78, 5) is 17.8. The number of pyridine rings is 1. The molecule has 1 amide bonds. The zero-order valence-electron chi connectivity index (χ0n) is 9.72. The molecule has 0 aliphatic rings. The third kappa shape index (κ3) is 3.62. The average Bonchev–Trinajstić information content (AvgIpc) is 2.35. The van der Waals surface area contributed by atoms with Crippen molar-refractivity contribution in [1.82, 2.24) is 9.88 Å². The predicted octanol–water partition coefficient (Wildman–Crippen LogP) is 1.28. The van der Waals surface area contributed by atoms with Crippen LogP contribution < -0.4 is 5.73 Å². The van der Waals surface area contributed by atoms with E-state index < -0.39 is 0 Å². The molecule has 1 heterocycles. The largest absolute Gasteiger partial charge is 0.339 e. The molecule has 0 saturated carbocycles. The zero-order valence-corrected chi connectivity index (χ0v) is 9.72. The first kappa shape index (κ1) is 12.6. The summed E-state index contributed by atoms with van der Waals surface area (Å²) in [7, 11) is 0. The van der Waals surface area contributed by atoms with Crippen molar-refractivity contribution < 1.29 is 4.79 Å². The standard InChI is InChI=1S/C12H19N3O/c1-2-15(9-4-3-7-13)12(16)11-6-5-8-14-10-11/h5-6,8,10H,2-4,7,9,13H2,1H3. The highest BCUT2D eigenvalue weighted by atomic mass is 16.2. The Morgan fingerprint density at radius 3 is 2.88 bits per heavy atom. The lowest BCUT2D eigenvalue weighted by Gasteiger charge is -2.20. The number of rotatable bonds is 6. The van der Waals surface area contributed by atoms with Gasteiger partial charge in [-0.05, 0) is 38.4 Å². The number of hydrogen-bond acceptors (Lipinski definition) is 3. The van der Waals surface area contributed by atoms with Crippen LogP contribution >= 0.6 is 0 Å². The molecule has 1 aromatic rings. The van der Waals surface area contributed by atoms with Crippen LogP contribution in [0.4, 0.5) is 0 Å². The molecule has 0 fully saturated rings. The van der Waals surface area contributed by atoms with Crippen LogP contribution in [-0.4, -0.2) is 35.4 Å². The molecule has 1 rings (SSSR count). The normalized spacial score (nSPS) is 10.1. The van der Waals surface area contributed by atoms with Gasteiger partial charge in [-0.1, -0.05) is 0 Å². The molecule has 2 N–H and O–H groups in total. The summed E-state index contributed by atoms with van der Waals surface area (Å²) in [6.45, 7) is 4.15. The lowest BCUT2D eigenvalue weighted by Crippen LogP contribution is -2.32. The van der Waals surface area contributed by atoms with Gasteiger partial charge in [-0.25, -0.2) is 0 Å². The van der Waals surface area contributed by atoms with Gasteiger partial charge < -0.3 is 10.6 Å². The van der Waals surface area contributed by atoms with Crippen LogP contribution in [0.1, 0.15) is 30.1 Å². The number of aromatic nitrogens is 1. The van der Waals surface area contributed by atoms with E-state index in [-0.39, 0.29) is 5.91 Å². The van der Waals surface area contributed by atoms with Crippen LogP contribution in [0.25, 0.3) is 0 Å². The van der Waals surface area contributed by atoms with Gasteiger partial charge in [0.05, 0.1) is 5.56 Å². The van der Waals surface area contributed by atoms with Crippen LogP contribution in [0, 0.1) is 0 Å². The zero-order chi connectivity index (χ0) is 11.8. The van der Waals surface area contributed by atoms with Crippen molar-refractivity contribution in [1.29, 1.82) is 0 Å². The first-order valence-corrected chi connectivity index (χ1v) is 5.69. The number of nitrogens with two attached hydrogens (primary N) is 1. The number of carbonyl (C=O) groups is 1. The predicted molar refractivity (Wildman–Crippen MR) is 64.1 cm³/mol. The molecule has 0 radical (unpaired) electrons. The second-order valence-electron chi connectivity index (χ2n) is 3.62. The molecule has 4 nitrogen and oxygen atoms in total. The van der Waals surface area contributed by atoms with Gasteiger partial charge in [0.1, 0.15) is 0 Å². The molecule has 0 aliphatic heterocycles. The summed E-state index contributed by atoms with van der Waals surface area (Å²) in [5, 5.41) is 0. The van der Waals surface area contributed by atoms with Crippen molar-refractivity contribution >= 4 is 5.91 Å². The smallest absolute Gasteiger partial charge is 0.255 e. The van der Waals surface area contributed by atoms with Crippen molar-refractivity contribution in [2.75, 3.05) is 19.6 Å². The minimum Gasteiger partial charge on any atom is -0.339 e. The van der Waals surface area contributed by atoms with Crippen molar-refractivity contribution in [2.45, 2.75) is 19.8 Å². The van der Waals surface area contributed by atoms with E-state index in [2.05, 4.69) is 4.98 Å². The Bertz CT molecular complexity index is 313. The highest BCUT2D eigenvalue weighted by molar-refractivity contribution is 5.93. The van der Waals surface area contributed by atoms with E-state index in [4.69, 9.17) is 5.73 Å². The summed E-state index contributed by atoms with van der Waals surface area (Å²) >= 11 is 0. The molecule has 0 aromatic carbocycles. The Balaban J connectivity index is 2.56. The van der Waals surface area contributed by atoms with Gasteiger partial charge in [0.25, 0.3) is 5.91 Å². The van der Waals surface area contributed by atoms with E-state index in [9.17, 15) is 4.79 Å². The summed E-state index contributed by atoms with van der Waals surface area (Å²) < 4.78 is 0. The fraction of sp³-hybridized carbons (Fsp3) is 0.500. The van der Waals surface area contributed by atoms with Gasteiger partial charge in [-0.3, -0.25) is 9.78 Å². The molecule has 0 unspecified atom stereocenters. The first-order chi connectivity index (χ1) is 7.79. The fourth-order valence-electron chi connectivity index (χ4n) is 1.52. The van der Waals surface area contributed by atoms with E-state index in [1.165, 1.54) is 0 Å². The molecule has 0 spiro atoms. The Morgan fingerprint density at radius 2 is 2.31 bits per heavy atom. The monoisotopic (exact) mass is 221 g/mol. The number of hydrogen-bond donors (Lipinski definition) is 1. The van der Waals surface area contributed by atoms with E-state index in [0.717, 1.165) is 25.9 Å². The Kier molecular flexibility index (Phi) is 5.50. The van der Waals surface area contributed by atoms with E-state index in [1.54, 1.807) is 24.5 Å². The molecule has 0 saturated heterocycles. The molecule has 0 bridgehead atoms. The molecule has 88 valence electrons. The van der Waals surface area contributed by atoms with Crippen LogP contribution in [0.3, 0.4) is 0 Å². The average molecular weight is 221 g/mol. The van der Waals surface area contributed by atoms with Crippen LogP contribution in [-0.2, 0) is 0 Å². The highest BCUT2D eigenvalue weighted by Crippen LogP contribution is 2.04. The minimum atomic E-state index is 0.0487. The Morgan fingerprint density at radius 1 is 1.50 bits per heavy atom. The molecular weight excluding hydrogens is 202 g/mol. The Hall–Kier alpha value is -1.42. The van der Waals surface area contributed by atoms with Gasteiger partial charge in [0, 0.05) is 25.5 Å². The molecular formula is C12H19N3O. The van der Waals surface area contributed by atoms with Crippen molar-refractivity contribution in [2.24, 2.45) is 5.73 Å². The summed E-state index contributed by atoms with van der Waals surface area (Å²) in [5.41, 5.74) is 6.08. The maximum atomic E-state index is 12.0. The first-order valence-electron chi connectivity index (χ1n) is 5.69. The van der Waals surface area contributed by atoms with Gasteiger partial charge in [-0.15, -0.1) is 0 Å². The quantitative estimate of drug-likeness (QED) is 0.736. The van der Waals surface area contributed by atoms with E-state index in [0.29, 0.717) is 12.1 Å². The minimum absolute atomic E-state index is 0.0487. The van der Waals surface area contributed by atoms with Gasteiger partial charge in [0.2, 0.25) is 0 Å². The van der Waals surface area contributed by atoms with Crippen molar-refractivity contribution in [3.63, 3.8) is 0 Å². The maximum Gasteiger partial charge on any atom is 0.255 e. The fourth-order valence-corrected chi connectivity index (χ4v) is 1.52. The molecule has 0 aliphatic carbocycles. The van der Waals surface area contributed by atoms with Gasteiger partial charge >= 0.3 is 0 Å². The third-order valence-corrected chi connectivity index (χ3v) is 2.46. The van der Waals surface area contributed by atoms with Crippen LogP contribution in [0.5, 0.6) is 0 Å². The molecule has 1 aromatic heterocycles. The lowest BCUT2D eigenvalue weighted by molar-refractivity contribution is 0.0761. The number of nitrogens with zero attached hydrogens (tertiary/aromatic N) is 2. The second-order valence-corrected chi connectivity index (χ2v) is 3.62. The van der Waals surface area contributed by atoms with E-state index >= 15 is 0 Å². The van der Waals surface area contributed by atoms with Crippen LogP contribution in [0.2, 0.25) is 0 Å². The lowest BCUT2D eigenvalue weighted by atomic mass is 10.2. The third-order valence-electron chi connectivity index (χ3n) is 2.46. The van der Waals surface area contributed by atoms with Gasteiger partial charge in [-0.2, -0.15) is 0 Å². The highest BCUT2D eigenvalue weighted by Gasteiger charge is 2.12. The summed E-state index contributed by atoms with van der Waals surface area (Å²) in [6.07, 6.45) is 5.18. The second kappa shape index (κ2) is 6.95. The Labute approximate surface area is 96.5 Å². The SMILES string of the molecule is CCN(CCCCN)C(=O)c1cccnc1. The van der Waals surface area contributed by atoms with Crippen molar-refractivity contribution in [3.05, 3.63) is 30.1 Å². The summed E-state index contributed by atoms with van der Waals surface area (Å²) in [5.74, 6) is 0.0487. The maximum absolute atomic E-state index is 12.0. The summed E-state index contributed by atoms with van der Waals surface area (Å²) in [6, 6.07) is 3.57. The van der Waals surface area contributed by atoms with Crippen LogP contribution in [0.15, 0.2) is 24.5 Å². The molecule has 16 heavy (non-hydrogen) atoms. The topological polar surface area (TPSA) is 59.2 Å². The number of carbonyl (C=O) groups excluding carboxylic acids is 1. The van der Waals surface area contributed by atoms with E-state index in [1.807, 2.05) is 11.8 Å².